The van der Waals surface area contributed by atoms with Crippen LogP contribution in [0.15, 0.2) is 12.5 Å². The molecule has 1 aromatic rings. The molecular weight excluding hydrogens is 178 g/mol. The van der Waals surface area contributed by atoms with Crippen molar-refractivity contribution in [1.29, 1.82) is 0 Å². The lowest BCUT2D eigenvalue weighted by Crippen LogP contribution is -2.30. The summed E-state index contributed by atoms with van der Waals surface area (Å²) in [5.74, 6) is 1.71. The summed E-state index contributed by atoms with van der Waals surface area (Å²) in [7, 11) is 1.66. The Morgan fingerprint density at radius 2 is 2.07 bits per heavy atom. The van der Waals surface area contributed by atoms with Crippen LogP contribution in [0.1, 0.15) is 19.3 Å². The first-order chi connectivity index (χ1) is 6.92. The number of piperidine rings is 1. The lowest BCUT2D eigenvalue weighted by Gasteiger charge is -2.28. The molecule has 0 aromatic carbocycles. The third kappa shape index (κ3) is 1.78. The van der Waals surface area contributed by atoms with Crippen molar-refractivity contribution in [3.8, 4) is 5.75 Å². The van der Waals surface area contributed by atoms with Crippen LogP contribution in [-0.2, 0) is 0 Å². The highest BCUT2D eigenvalue weighted by Crippen LogP contribution is 2.26. The molecule has 2 rings (SSSR count). The van der Waals surface area contributed by atoms with Crippen molar-refractivity contribution in [2.45, 2.75) is 19.3 Å². The van der Waals surface area contributed by atoms with Crippen LogP contribution in [-0.4, -0.2) is 30.2 Å². The zero-order valence-electron chi connectivity index (χ0n) is 8.44. The fourth-order valence-corrected chi connectivity index (χ4v) is 1.80. The molecule has 1 aromatic heterocycles. The highest BCUT2D eigenvalue weighted by Gasteiger charge is 2.15. The van der Waals surface area contributed by atoms with Crippen molar-refractivity contribution < 1.29 is 4.74 Å². The molecule has 0 atom stereocenters. The van der Waals surface area contributed by atoms with E-state index in [0.29, 0.717) is 0 Å². The van der Waals surface area contributed by atoms with Crippen LogP contribution in [0.4, 0.5) is 5.82 Å². The maximum absolute atomic E-state index is 5.23. The molecule has 0 radical (unpaired) electrons. The number of ether oxygens (including phenoxy) is 1. The number of nitrogens with zero attached hydrogens (tertiary/aromatic N) is 3. The van der Waals surface area contributed by atoms with Gasteiger partial charge in [-0.1, -0.05) is 0 Å². The number of hydrogen-bond donors (Lipinski definition) is 0. The second-order valence-corrected chi connectivity index (χ2v) is 3.46. The maximum Gasteiger partial charge on any atom is 0.179 e. The largest absolute Gasteiger partial charge is 0.491 e. The van der Waals surface area contributed by atoms with E-state index in [2.05, 4.69) is 14.9 Å². The van der Waals surface area contributed by atoms with Crippen LogP contribution < -0.4 is 9.64 Å². The average molecular weight is 193 g/mol. The van der Waals surface area contributed by atoms with Gasteiger partial charge in [0.05, 0.1) is 13.3 Å². The summed E-state index contributed by atoms with van der Waals surface area (Å²) in [6.07, 6.45) is 7.10. The summed E-state index contributed by atoms with van der Waals surface area (Å²) in [6.45, 7) is 2.15. The minimum Gasteiger partial charge on any atom is -0.491 e. The molecule has 1 aliphatic heterocycles. The van der Waals surface area contributed by atoms with Gasteiger partial charge >= 0.3 is 0 Å². The van der Waals surface area contributed by atoms with Crippen LogP contribution >= 0.6 is 0 Å². The molecule has 0 unspecified atom stereocenters. The van der Waals surface area contributed by atoms with Crippen LogP contribution in [0.2, 0.25) is 0 Å². The van der Waals surface area contributed by atoms with Gasteiger partial charge in [0.1, 0.15) is 6.33 Å². The van der Waals surface area contributed by atoms with Crippen LogP contribution in [0, 0.1) is 0 Å². The Kier molecular flexibility index (Phi) is 2.81. The fraction of sp³-hybridized carbons (Fsp3) is 0.600. The second-order valence-electron chi connectivity index (χ2n) is 3.46. The minimum atomic E-state index is 0.773. The predicted octanol–water partition coefficient (Wildman–Crippen LogP) is 1.48. The highest BCUT2D eigenvalue weighted by atomic mass is 16.5. The topological polar surface area (TPSA) is 38.3 Å². The van der Waals surface area contributed by atoms with Gasteiger partial charge in [0.15, 0.2) is 11.6 Å². The lowest BCUT2D eigenvalue weighted by atomic mass is 10.1. The van der Waals surface area contributed by atoms with Crippen LogP contribution in [0.25, 0.3) is 0 Å². The monoisotopic (exact) mass is 193 g/mol. The van der Waals surface area contributed by atoms with E-state index in [1.165, 1.54) is 19.3 Å². The van der Waals surface area contributed by atoms with Crippen molar-refractivity contribution in [1.82, 2.24) is 9.97 Å². The van der Waals surface area contributed by atoms with E-state index < -0.39 is 0 Å². The first-order valence-electron chi connectivity index (χ1n) is 5.01. The van der Waals surface area contributed by atoms with Gasteiger partial charge in [-0.15, -0.1) is 0 Å². The van der Waals surface area contributed by atoms with Crippen molar-refractivity contribution in [2.75, 3.05) is 25.1 Å². The summed E-state index contributed by atoms with van der Waals surface area (Å²) >= 11 is 0. The van der Waals surface area contributed by atoms with Gasteiger partial charge in [0, 0.05) is 13.1 Å². The van der Waals surface area contributed by atoms with Gasteiger partial charge in [0.25, 0.3) is 0 Å². The van der Waals surface area contributed by atoms with Gasteiger partial charge in [-0.3, -0.25) is 0 Å². The van der Waals surface area contributed by atoms with Gasteiger partial charge < -0.3 is 9.64 Å². The van der Waals surface area contributed by atoms with E-state index in [1.54, 1.807) is 19.6 Å². The van der Waals surface area contributed by atoms with Crippen molar-refractivity contribution >= 4 is 5.82 Å². The Morgan fingerprint density at radius 1 is 1.29 bits per heavy atom. The van der Waals surface area contributed by atoms with Crippen LogP contribution in [0.5, 0.6) is 5.75 Å². The molecule has 0 saturated carbocycles. The Balaban J connectivity index is 2.20. The molecule has 0 N–H and O–H groups in total. The number of methoxy groups -OCH3 is 1. The number of hydrogen-bond acceptors (Lipinski definition) is 4. The van der Waals surface area contributed by atoms with Crippen LogP contribution in [0.3, 0.4) is 0 Å². The van der Waals surface area contributed by atoms with E-state index in [4.69, 9.17) is 4.74 Å². The molecule has 0 aliphatic carbocycles. The molecule has 4 nitrogen and oxygen atoms in total. The second kappa shape index (κ2) is 4.26. The smallest absolute Gasteiger partial charge is 0.179 e. The zero-order chi connectivity index (χ0) is 9.80. The van der Waals surface area contributed by atoms with Gasteiger partial charge in [-0.05, 0) is 19.3 Å². The van der Waals surface area contributed by atoms with Gasteiger partial charge in [-0.2, -0.15) is 0 Å². The Bertz CT molecular complexity index is 297. The third-order valence-electron chi connectivity index (χ3n) is 2.53. The molecule has 2 heterocycles. The third-order valence-corrected chi connectivity index (χ3v) is 2.53. The Morgan fingerprint density at radius 3 is 2.79 bits per heavy atom. The van der Waals surface area contributed by atoms with E-state index in [-0.39, 0.29) is 0 Å². The molecule has 4 heteroatoms. The van der Waals surface area contributed by atoms with E-state index >= 15 is 0 Å². The molecule has 0 bridgehead atoms. The molecule has 1 aliphatic rings. The Hall–Kier alpha value is -1.32. The van der Waals surface area contributed by atoms with Gasteiger partial charge in [-0.25, -0.2) is 9.97 Å². The summed E-state index contributed by atoms with van der Waals surface area (Å²) < 4.78 is 5.23. The summed E-state index contributed by atoms with van der Waals surface area (Å²) in [5, 5.41) is 0. The first-order valence-corrected chi connectivity index (χ1v) is 5.01. The maximum atomic E-state index is 5.23. The van der Waals surface area contributed by atoms with Crippen molar-refractivity contribution in [3.05, 3.63) is 12.5 Å². The molecule has 1 saturated heterocycles. The van der Waals surface area contributed by atoms with E-state index in [1.807, 2.05) is 0 Å². The average Bonchev–Trinajstić information content (AvgIpc) is 2.30. The highest BCUT2D eigenvalue weighted by molar-refractivity contribution is 5.50. The predicted molar refractivity (Wildman–Crippen MR) is 54.6 cm³/mol. The quantitative estimate of drug-likeness (QED) is 0.713. The molecule has 1 fully saturated rings. The minimum absolute atomic E-state index is 0.773. The summed E-state index contributed by atoms with van der Waals surface area (Å²) in [6, 6.07) is 0. The standard InChI is InChI=1S/C10H15N3O/c1-14-9-7-11-8-12-10(9)13-5-3-2-4-6-13/h7-8H,2-6H2,1H3. The zero-order valence-corrected chi connectivity index (χ0v) is 8.44. The normalized spacial score (nSPS) is 16.8. The molecule has 14 heavy (non-hydrogen) atoms. The summed E-state index contributed by atoms with van der Waals surface area (Å²) in [4.78, 5) is 10.5. The number of rotatable bonds is 2. The van der Waals surface area contributed by atoms with E-state index in [9.17, 15) is 0 Å². The number of anilines is 1. The molecule has 0 amide bonds. The Labute approximate surface area is 83.9 Å². The SMILES string of the molecule is COc1cncnc1N1CCCCC1. The molecule has 76 valence electrons. The van der Waals surface area contributed by atoms with E-state index in [0.717, 1.165) is 24.7 Å². The molecule has 0 spiro atoms. The number of aromatic nitrogens is 2. The fourth-order valence-electron chi connectivity index (χ4n) is 1.80. The van der Waals surface area contributed by atoms with Gasteiger partial charge in [0.2, 0.25) is 0 Å². The summed E-state index contributed by atoms with van der Waals surface area (Å²) in [5.41, 5.74) is 0. The molecular formula is C10H15N3O. The van der Waals surface area contributed by atoms with Crippen molar-refractivity contribution in [2.24, 2.45) is 0 Å². The first kappa shape index (κ1) is 9.24. The lowest BCUT2D eigenvalue weighted by molar-refractivity contribution is 0.408. The van der Waals surface area contributed by atoms with Crippen molar-refractivity contribution in [3.63, 3.8) is 0 Å².